The number of nitrogens with zero attached hydrogens (tertiary/aromatic N) is 5. The predicted molar refractivity (Wildman–Crippen MR) is 112 cm³/mol. The summed E-state index contributed by atoms with van der Waals surface area (Å²) in [5.74, 6) is -2.74. The van der Waals surface area contributed by atoms with Gasteiger partial charge in [0, 0.05) is 32.1 Å². The number of halogens is 4. The summed E-state index contributed by atoms with van der Waals surface area (Å²) in [5.41, 5.74) is 0.140. The molecule has 0 fully saturated rings. The molecule has 2 N–H and O–H groups in total. The van der Waals surface area contributed by atoms with Crippen LogP contribution in [0.1, 0.15) is 27.3 Å². The van der Waals surface area contributed by atoms with Gasteiger partial charge in [0.2, 0.25) is 0 Å². The van der Waals surface area contributed by atoms with E-state index < -0.39 is 48.2 Å². The number of urea groups is 1. The Morgan fingerprint density at radius 3 is 2.86 bits per heavy atom. The molecule has 4 rings (SSSR count). The van der Waals surface area contributed by atoms with E-state index in [1.807, 2.05) is 0 Å². The normalized spacial score (nSPS) is 17.6. The summed E-state index contributed by atoms with van der Waals surface area (Å²) >= 11 is 0. The fourth-order valence-corrected chi connectivity index (χ4v) is 4.02. The molecule has 1 aromatic carbocycles. The first kappa shape index (κ1) is 24.4. The van der Waals surface area contributed by atoms with Gasteiger partial charge in [-0.1, -0.05) is 0 Å². The van der Waals surface area contributed by atoms with E-state index in [1.165, 1.54) is 22.7 Å². The van der Waals surface area contributed by atoms with Crippen molar-refractivity contribution < 1.29 is 32.0 Å². The summed E-state index contributed by atoms with van der Waals surface area (Å²) in [7, 11) is 1.40. The second-order valence-corrected chi connectivity index (χ2v) is 8.03. The number of hydrogen-bond donors (Lipinski definition) is 2. The van der Waals surface area contributed by atoms with E-state index in [0.717, 1.165) is 17.2 Å². The molecule has 14 heteroatoms. The van der Waals surface area contributed by atoms with E-state index in [-0.39, 0.29) is 37.6 Å². The van der Waals surface area contributed by atoms with E-state index in [0.29, 0.717) is 17.7 Å². The molecule has 10 nitrogen and oxygen atoms in total. The van der Waals surface area contributed by atoms with E-state index in [1.54, 1.807) is 0 Å². The number of fused-ring (bicyclic) bond motifs is 3. The molecular formula is C21H21F4N7O3. The standard InChI is InChI=1S/C21H21F4N7O3/c1-30-20(33)19-13-10-31(21(34)28-16-3-2-14(22)12(6-26)18(16)25)5-4-15(13)29-32(19)9-11(35-30)7-27-8-17(23)24/h2-3,11,17,27H,4-5,7-10H2,1H3,(H,28,34). The van der Waals surface area contributed by atoms with Crippen molar-refractivity contribution in [3.8, 4) is 6.07 Å². The van der Waals surface area contributed by atoms with Crippen LogP contribution in [0.5, 0.6) is 0 Å². The van der Waals surface area contributed by atoms with Gasteiger partial charge in [0.25, 0.3) is 12.3 Å². The van der Waals surface area contributed by atoms with Gasteiger partial charge in [-0.25, -0.2) is 27.4 Å². The predicted octanol–water partition coefficient (Wildman–Crippen LogP) is 1.86. The Balaban J connectivity index is 1.52. The largest absolute Gasteiger partial charge is 0.322 e. The summed E-state index contributed by atoms with van der Waals surface area (Å²) < 4.78 is 54.3. The van der Waals surface area contributed by atoms with Gasteiger partial charge in [0.15, 0.2) is 5.82 Å². The molecule has 2 aromatic rings. The fraction of sp³-hybridized carbons (Fsp3) is 0.429. The van der Waals surface area contributed by atoms with E-state index in [9.17, 15) is 27.2 Å². The van der Waals surface area contributed by atoms with Crippen LogP contribution in [0.4, 0.5) is 28.0 Å². The van der Waals surface area contributed by atoms with Crippen LogP contribution in [-0.2, 0) is 24.3 Å². The Morgan fingerprint density at radius 2 is 2.14 bits per heavy atom. The lowest BCUT2D eigenvalue weighted by Gasteiger charge is -2.27. The number of rotatable bonds is 5. The Kier molecular flexibility index (Phi) is 6.90. The second kappa shape index (κ2) is 9.88. The maximum absolute atomic E-state index is 14.4. The molecule has 0 spiro atoms. The van der Waals surface area contributed by atoms with Crippen molar-refractivity contribution in [1.29, 1.82) is 5.26 Å². The maximum Gasteiger partial charge on any atom is 0.322 e. The number of anilines is 1. The van der Waals surface area contributed by atoms with Gasteiger partial charge in [-0.15, -0.1) is 0 Å². The van der Waals surface area contributed by atoms with Crippen LogP contribution in [0.15, 0.2) is 12.1 Å². The number of carbonyl (C=O) groups is 2. The molecular weight excluding hydrogens is 474 g/mol. The van der Waals surface area contributed by atoms with Gasteiger partial charge >= 0.3 is 6.03 Å². The van der Waals surface area contributed by atoms with Gasteiger partial charge in [-0.05, 0) is 12.1 Å². The van der Waals surface area contributed by atoms with Crippen molar-refractivity contribution >= 4 is 17.6 Å². The van der Waals surface area contributed by atoms with E-state index in [2.05, 4.69) is 15.7 Å². The summed E-state index contributed by atoms with van der Waals surface area (Å²) in [6.45, 7) is -0.136. The third kappa shape index (κ3) is 4.91. The first-order chi connectivity index (χ1) is 16.7. The molecule has 2 aliphatic heterocycles. The molecule has 35 heavy (non-hydrogen) atoms. The number of aromatic nitrogens is 2. The maximum atomic E-state index is 14.4. The van der Waals surface area contributed by atoms with Gasteiger partial charge < -0.3 is 15.5 Å². The Labute approximate surface area is 197 Å². The molecule has 2 aliphatic rings. The molecule has 186 valence electrons. The van der Waals surface area contributed by atoms with Crippen molar-refractivity contribution in [2.24, 2.45) is 0 Å². The highest BCUT2D eigenvalue weighted by Crippen LogP contribution is 2.27. The van der Waals surface area contributed by atoms with Crippen LogP contribution < -0.4 is 10.6 Å². The van der Waals surface area contributed by atoms with Crippen molar-refractivity contribution in [3.05, 3.63) is 46.3 Å². The molecule has 1 unspecified atom stereocenters. The number of benzene rings is 1. The van der Waals surface area contributed by atoms with Crippen LogP contribution in [0.2, 0.25) is 0 Å². The summed E-state index contributed by atoms with van der Waals surface area (Å²) in [5, 5.41) is 19.3. The number of carbonyl (C=O) groups excluding carboxylic acids is 2. The molecule has 3 heterocycles. The minimum Gasteiger partial charge on any atom is -0.320 e. The Bertz CT molecular complexity index is 1200. The minimum absolute atomic E-state index is 0.0156. The SMILES string of the molecule is CN1OC(CNCC(F)F)Cn2nc3c(c2C1=O)CN(C(=O)Nc1ccc(F)c(C#N)c1F)CC3. The number of alkyl halides is 2. The summed E-state index contributed by atoms with van der Waals surface area (Å²) in [4.78, 5) is 32.7. The van der Waals surface area contributed by atoms with Gasteiger partial charge in [-0.2, -0.15) is 10.4 Å². The number of hydroxylamine groups is 2. The second-order valence-electron chi connectivity index (χ2n) is 8.03. The van der Waals surface area contributed by atoms with Crippen molar-refractivity contribution in [3.63, 3.8) is 0 Å². The molecule has 0 saturated heterocycles. The van der Waals surface area contributed by atoms with Crippen LogP contribution in [0.3, 0.4) is 0 Å². The van der Waals surface area contributed by atoms with E-state index in [4.69, 9.17) is 10.1 Å². The van der Waals surface area contributed by atoms with Crippen LogP contribution in [0.25, 0.3) is 0 Å². The van der Waals surface area contributed by atoms with Crippen molar-refractivity contribution in [1.82, 2.24) is 25.1 Å². The highest BCUT2D eigenvalue weighted by molar-refractivity contribution is 5.94. The molecule has 1 atom stereocenters. The van der Waals surface area contributed by atoms with Gasteiger partial charge in [-0.3, -0.25) is 14.3 Å². The average molecular weight is 495 g/mol. The van der Waals surface area contributed by atoms with Crippen molar-refractivity contribution in [2.75, 3.05) is 32.0 Å². The first-order valence-electron chi connectivity index (χ1n) is 10.7. The number of amides is 3. The zero-order chi connectivity index (χ0) is 25.3. The zero-order valence-corrected chi connectivity index (χ0v) is 18.5. The Morgan fingerprint density at radius 1 is 1.37 bits per heavy atom. The topological polar surface area (TPSA) is 116 Å². The van der Waals surface area contributed by atoms with Crippen LogP contribution in [0, 0.1) is 23.0 Å². The smallest absolute Gasteiger partial charge is 0.320 e. The highest BCUT2D eigenvalue weighted by atomic mass is 19.3. The first-order valence-corrected chi connectivity index (χ1v) is 10.7. The third-order valence-electron chi connectivity index (χ3n) is 5.68. The third-order valence-corrected chi connectivity index (χ3v) is 5.68. The van der Waals surface area contributed by atoms with Gasteiger partial charge in [0.05, 0.1) is 31.0 Å². The van der Waals surface area contributed by atoms with Crippen LogP contribution in [-0.4, -0.2) is 70.9 Å². The number of nitriles is 1. The number of nitrogens with one attached hydrogen (secondary N) is 2. The average Bonchev–Trinajstić information content (AvgIpc) is 3.11. The molecule has 0 aliphatic carbocycles. The minimum atomic E-state index is -2.53. The summed E-state index contributed by atoms with van der Waals surface area (Å²) in [6.07, 6.45) is -2.86. The van der Waals surface area contributed by atoms with Gasteiger partial charge in [0.1, 0.15) is 29.2 Å². The lowest BCUT2D eigenvalue weighted by molar-refractivity contribution is -0.146. The quantitative estimate of drug-likeness (QED) is 0.612. The lowest BCUT2D eigenvalue weighted by Crippen LogP contribution is -2.40. The zero-order valence-electron chi connectivity index (χ0n) is 18.5. The molecule has 0 bridgehead atoms. The molecule has 0 radical (unpaired) electrons. The summed E-state index contributed by atoms with van der Waals surface area (Å²) in [6, 6.07) is 2.61. The van der Waals surface area contributed by atoms with Crippen molar-refractivity contribution in [2.45, 2.75) is 32.0 Å². The lowest BCUT2D eigenvalue weighted by atomic mass is 10.1. The van der Waals surface area contributed by atoms with E-state index >= 15 is 0 Å². The van der Waals surface area contributed by atoms with Crippen LogP contribution >= 0.6 is 0 Å². The monoisotopic (exact) mass is 495 g/mol. The molecule has 0 saturated carbocycles. The highest BCUT2D eigenvalue weighted by Gasteiger charge is 2.35. The fourth-order valence-electron chi connectivity index (χ4n) is 4.02. The Hall–Kier alpha value is -3.70. The molecule has 1 aromatic heterocycles. The molecule has 3 amide bonds. The number of hydrogen-bond acceptors (Lipinski definition) is 6.